The van der Waals surface area contributed by atoms with Gasteiger partial charge in [-0.15, -0.1) is 0 Å². The molecule has 1 atom stereocenters. The van der Waals surface area contributed by atoms with Crippen molar-refractivity contribution in [3.8, 4) is 0 Å². The number of imidazole rings is 1. The van der Waals surface area contributed by atoms with Crippen LogP contribution in [0.15, 0.2) is 38.2 Å². The molecule has 0 fully saturated rings. The van der Waals surface area contributed by atoms with Gasteiger partial charge in [0.25, 0.3) is 0 Å². The van der Waals surface area contributed by atoms with E-state index in [0.717, 1.165) is 0 Å². The van der Waals surface area contributed by atoms with Gasteiger partial charge in [-0.2, -0.15) is 0 Å². The zero-order chi connectivity index (χ0) is 12.6. The van der Waals surface area contributed by atoms with Crippen LogP contribution in [0.4, 0.5) is 0 Å². The molecule has 0 amide bonds. The van der Waals surface area contributed by atoms with Crippen LogP contribution in [0.5, 0.6) is 0 Å². The SMILES string of the molecule is O=C1C(Br)=CC(O)(Cn2ccnc2)C(Br)=C1Br. The first-order valence-electron chi connectivity index (χ1n) is 4.61. The van der Waals surface area contributed by atoms with E-state index in [0.29, 0.717) is 13.4 Å². The molecule has 1 aromatic rings. The number of carbonyl (C=O) groups is 1. The van der Waals surface area contributed by atoms with Crippen molar-refractivity contribution in [1.29, 1.82) is 0 Å². The monoisotopic (exact) mass is 424 g/mol. The van der Waals surface area contributed by atoms with Crippen LogP contribution in [0.1, 0.15) is 0 Å². The Bertz CT molecular complexity index is 522. The van der Waals surface area contributed by atoms with Crippen molar-refractivity contribution < 1.29 is 9.90 Å². The van der Waals surface area contributed by atoms with Gasteiger partial charge in [0.2, 0.25) is 5.78 Å². The molecule has 1 aromatic heterocycles. The lowest BCUT2D eigenvalue weighted by molar-refractivity contribution is -0.111. The van der Waals surface area contributed by atoms with Gasteiger partial charge in [0.05, 0.1) is 26.3 Å². The van der Waals surface area contributed by atoms with Gasteiger partial charge in [0, 0.05) is 12.4 Å². The average molecular weight is 427 g/mol. The van der Waals surface area contributed by atoms with E-state index >= 15 is 0 Å². The summed E-state index contributed by atoms with van der Waals surface area (Å²) >= 11 is 9.56. The van der Waals surface area contributed by atoms with Crippen LogP contribution in [0.2, 0.25) is 0 Å². The smallest absolute Gasteiger partial charge is 0.207 e. The van der Waals surface area contributed by atoms with E-state index in [1.807, 2.05) is 0 Å². The quantitative estimate of drug-likeness (QED) is 0.790. The van der Waals surface area contributed by atoms with Crippen molar-refractivity contribution in [3.63, 3.8) is 0 Å². The number of halogens is 3. The van der Waals surface area contributed by atoms with E-state index in [4.69, 9.17) is 0 Å². The first-order valence-corrected chi connectivity index (χ1v) is 6.99. The Morgan fingerprint density at radius 1 is 1.41 bits per heavy atom. The summed E-state index contributed by atoms with van der Waals surface area (Å²) in [6.07, 6.45) is 6.45. The molecule has 1 N–H and O–H groups in total. The highest BCUT2D eigenvalue weighted by molar-refractivity contribution is 9.14. The summed E-state index contributed by atoms with van der Waals surface area (Å²) in [6, 6.07) is 0. The molecule has 7 heteroatoms. The maximum absolute atomic E-state index is 11.6. The molecule has 0 aromatic carbocycles. The van der Waals surface area contributed by atoms with E-state index < -0.39 is 5.60 Å². The average Bonchev–Trinajstić information content (AvgIpc) is 2.76. The summed E-state index contributed by atoms with van der Waals surface area (Å²) in [4.78, 5) is 15.6. The second-order valence-corrected chi connectivity index (χ2v) is 6.05. The zero-order valence-corrected chi connectivity index (χ0v) is 13.2. The summed E-state index contributed by atoms with van der Waals surface area (Å²) < 4.78 is 2.78. The molecule has 0 aliphatic heterocycles. The van der Waals surface area contributed by atoms with E-state index in [1.165, 1.54) is 6.08 Å². The molecule has 0 bridgehead atoms. The fourth-order valence-corrected chi connectivity index (χ4v) is 3.33. The summed E-state index contributed by atoms with van der Waals surface area (Å²) in [7, 11) is 0. The van der Waals surface area contributed by atoms with Crippen LogP contribution in [0, 0.1) is 0 Å². The summed E-state index contributed by atoms with van der Waals surface area (Å²) in [5.74, 6) is -0.202. The minimum absolute atomic E-state index is 0.202. The first-order chi connectivity index (χ1) is 7.94. The maximum atomic E-state index is 11.6. The number of allylic oxidation sites excluding steroid dienone is 2. The highest BCUT2D eigenvalue weighted by Crippen LogP contribution is 2.39. The predicted octanol–water partition coefficient (Wildman–Crippen LogP) is 2.48. The number of nitrogens with zero attached hydrogens (tertiary/aromatic N) is 2. The third-order valence-electron chi connectivity index (χ3n) is 2.34. The van der Waals surface area contributed by atoms with Crippen molar-refractivity contribution in [1.82, 2.24) is 9.55 Å². The molecule has 90 valence electrons. The first kappa shape index (κ1) is 13.2. The minimum Gasteiger partial charge on any atom is -0.378 e. The van der Waals surface area contributed by atoms with Crippen molar-refractivity contribution in [2.45, 2.75) is 12.1 Å². The third-order valence-corrected chi connectivity index (χ3v) is 5.30. The lowest BCUT2D eigenvalue weighted by atomic mass is 9.97. The lowest BCUT2D eigenvalue weighted by Gasteiger charge is -2.29. The molecule has 1 heterocycles. The number of rotatable bonds is 2. The molecule has 0 radical (unpaired) electrons. The van der Waals surface area contributed by atoms with Gasteiger partial charge < -0.3 is 9.67 Å². The van der Waals surface area contributed by atoms with Crippen molar-refractivity contribution in [2.75, 3.05) is 0 Å². The lowest BCUT2D eigenvalue weighted by Crippen LogP contribution is -2.36. The Kier molecular flexibility index (Phi) is 3.72. The Balaban J connectivity index is 2.40. The Morgan fingerprint density at radius 3 is 2.71 bits per heavy atom. The number of hydrogen-bond donors (Lipinski definition) is 1. The molecule has 17 heavy (non-hydrogen) atoms. The number of hydrogen-bond acceptors (Lipinski definition) is 3. The Morgan fingerprint density at radius 2 is 2.12 bits per heavy atom. The van der Waals surface area contributed by atoms with E-state index in [-0.39, 0.29) is 12.3 Å². The minimum atomic E-state index is -1.27. The highest BCUT2D eigenvalue weighted by atomic mass is 79.9. The molecule has 0 spiro atoms. The van der Waals surface area contributed by atoms with Crippen LogP contribution in [-0.2, 0) is 11.3 Å². The van der Waals surface area contributed by atoms with Crippen LogP contribution in [0.25, 0.3) is 0 Å². The molecular formula is C10H7Br3N2O2. The predicted molar refractivity (Wildman–Crippen MR) is 74.1 cm³/mol. The van der Waals surface area contributed by atoms with E-state index in [1.54, 1.807) is 23.3 Å². The number of aromatic nitrogens is 2. The Hall–Kier alpha value is -0.240. The summed E-state index contributed by atoms with van der Waals surface area (Å²) in [6.45, 7) is 0.269. The summed E-state index contributed by atoms with van der Waals surface area (Å²) in [5.41, 5.74) is -1.27. The normalized spacial score (nSPS) is 25.2. The van der Waals surface area contributed by atoms with Crippen molar-refractivity contribution >= 4 is 53.6 Å². The van der Waals surface area contributed by atoms with Gasteiger partial charge in [0.15, 0.2) is 0 Å². The van der Waals surface area contributed by atoms with E-state index in [2.05, 4.69) is 52.8 Å². The molecule has 0 saturated carbocycles. The van der Waals surface area contributed by atoms with E-state index in [9.17, 15) is 9.90 Å². The van der Waals surface area contributed by atoms with Crippen LogP contribution in [-0.4, -0.2) is 26.0 Å². The van der Waals surface area contributed by atoms with Crippen molar-refractivity contribution in [3.05, 3.63) is 38.2 Å². The summed E-state index contributed by atoms with van der Waals surface area (Å²) in [5, 5.41) is 10.5. The molecule has 1 aliphatic rings. The van der Waals surface area contributed by atoms with Crippen LogP contribution >= 0.6 is 47.8 Å². The highest BCUT2D eigenvalue weighted by Gasteiger charge is 2.37. The second kappa shape index (κ2) is 4.79. The zero-order valence-electron chi connectivity index (χ0n) is 8.40. The molecular weight excluding hydrogens is 420 g/mol. The third kappa shape index (κ3) is 2.47. The van der Waals surface area contributed by atoms with Gasteiger partial charge in [-0.25, -0.2) is 4.98 Å². The fourth-order valence-electron chi connectivity index (χ4n) is 1.51. The van der Waals surface area contributed by atoms with Crippen LogP contribution < -0.4 is 0 Å². The van der Waals surface area contributed by atoms with Gasteiger partial charge in [-0.05, 0) is 37.9 Å². The largest absolute Gasteiger partial charge is 0.378 e. The molecule has 1 aliphatic carbocycles. The van der Waals surface area contributed by atoms with Crippen molar-refractivity contribution in [2.24, 2.45) is 0 Å². The fraction of sp³-hybridized carbons (Fsp3) is 0.200. The van der Waals surface area contributed by atoms with Gasteiger partial charge in [0.1, 0.15) is 5.60 Å². The Labute approximate surface area is 123 Å². The molecule has 0 saturated heterocycles. The van der Waals surface area contributed by atoms with Gasteiger partial charge in [-0.3, -0.25) is 4.79 Å². The van der Waals surface area contributed by atoms with Gasteiger partial charge >= 0.3 is 0 Å². The molecule has 1 unspecified atom stereocenters. The van der Waals surface area contributed by atoms with Gasteiger partial charge in [-0.1, -0.05) is 15.9 Å². The topological polar surface area (TPSA) is 55.1 Å². The molecule has 4 nitrogen and oxygen atoms in total. The number of Topliss-reactive ketones (excluding diaryl/α,β-unsaturated/α-hetero) is 1. The standard InChI is InChI=1S/C10H7Br3N2O2/c11-6-3-10(17,4-15-2-1-14-5-15)9(13)7(12)8(6)16/h1-3,5,17H,4H2. The maximum Gasteiger partial charge on any atom is 0.207 e. The number of ketones is 1. The second-order valence-electron chi connectivity index (χ2n) is 3.61. The molecule has 2 rings (SSSR count). The number of carbonyl (C=O) groups excluding carboxylic acids is 1. The van der Waals surface area contributed by atoms with Crippen LogP contribution in [0.3, 0.4) is 0 Å². The number of aliphatic hydroxyl groups is 1.